The zero-order chi connectivity index (χ0) is 11.4. The predicted molar refractivity (Wildman–Crippen MR) is 70.3 cm³/mol. The summed E-state index contributed by atoms with van der Waals surface area (Å²) in [7, 11) is 0. The molecule has 0 aromatic heterocycles. The first-order chi connectivity index (χ1) is 7.31. The van der Waals surface area contributed by atoms with E-state index in [1.165, 1.54) is 64.5 Å². The van der Waals surface area contributed by atoms with Crippen molar-refractivity contribution in [2.24, 2.45) is 5.92 Å². The second-order valence-electron chi connectivity index (χ2n) is 4.87. The van der Waals surface area contributed by atoms with Crippen LogP contribution < -0.4 is 5.32 Å². The zero-order valence-electron chi connectivity index (χ0n) is 11.1. The van der Waals surface area contributed by atoms with E-state index in [4.69, 9.17) is 0 Å². The van der Waals surface area contributed by atoms with Gasteiger partial charge in [-0.2, -0.15) is 0 Å². The molecule has 0 rings (SSSR count). The SMILES string of the molecule is CCCCCCCCC(C)CNCCC. The van der Waals surface area contributed by atoms with Crippen LogP contribution in [0.3, 0.4) is 0 Å². The lowest BCUT2D eigenvalue weighted by atomic mass is 10.0. The molecule has 1 heteroatoms. The first-order valence-electron chi connectivity index (χ1n) is 7.02. The van der Waals surface area contributed by atoms with Crippen molar-refractivity contribution in [3.05, 3.63) is 0 Å². The third-order valence-electron chi connectivity index (χ3n) is 2.97. The van der Waals surface area contributed by atoms with Gasteiger partial charge in [-0.1, -0.05) is 59.3 Å². The van der Waals surface area contributed by atoms with Gasteiger partial charge in [0.05, 0.1) is 0 Å². The topological polar surface area (TPSA) is 12.0 Å². The fourth-order valence-corrected chi connectivity index (χ4v) is 1.90. The van der Waals surface area contributed by atoms with Gasteiger partial charge in [-0.15, -0.1) is 0 Å². The minimum Gasteiger partial charge on any atom is -0.316 e. The minimum absolute atomic E-state index is 0.864. The van der Waals surface area contributed by atoms with E-state index in [1.54, 1.807) is 0 Å². The molecule has 0 aromatic rings. The molecule has 15 heavy (non-hydrogen) atoms. The molecule has 1 unspecified atom stereocenters. The van der Waals surface area contributed by atoms with Crippen LogP contribution in [0.2, 0.25) is 0 Å². The molecule has 0 amide bonds. The molecular formula is C14H31N. The maximum atomic E-state index is 3.50. The molecule has 0 heterocycles. The van der Waals surface area contributed by atoms with E-state index in [0.29, 0.717) is 0 Å². The first kappa shape index (κ1) is 15.0. The molecule has 0 bridgehead atoms. The van der Waals surface area contributed by atoms with Crippen molar-refractivity contribution in [3.8, 4) is 0 Å². The first-order valence-corrected chi connectivity index (χ1v) is 7.02. The summed E-state index contributed by atoms with van der Waals surface area (Å²) < 4.78 is 0. The Labute approximate surface area is 97.0 Å². The smallest absolute Gasteiger partial charge is 0.00232 e. The Balaban J connectivity index is 3.06. The molecule has 0 aromatic carbocycles. The predicted octanol–water partition coefficient (Wildman–Crippen LogP) is 4.37. The Morgan fingerprint density at radius 3 is 2.20 bits per heavy atom. The largest absolute Gasteiger partial charge is 0.316 e. The molecule has 1 atom stereocenters. The zero-order valence-corrected chi connectivity index (χ0v) is 11.1. The van der Waals surface area contributed by atoms with Crippen LogP contribution in [0.4, 0.5) is 0 Å². The van der Waals surface area contributed by atoms with Crippen LogP contribution in [0.5, 0.6) is 0 Å². The Morgan fingerprint density at radius 2 is 1.53 bits per heavy atom. The van der Waals surface area contributed by atoms with E-state index in [9.17, 15) is 0 Å². The number of hydrogen-bond donors (Lipinski definition) is 1. The normalized spacial score (nSPS) is 13.0. The van der Waals surface area contributed by atoms with Gasteiger partial charge in [0.15, 0.2) is 0 Å². The van der Waals surface area contributed by atoms with Gasteiger partial charge >= 0.3 is 0 Å². The standard InChI is InChI=1S/C14H31N/c1-4-6-7-8-9-10-11-14(3)13-15-12-5-2/h14-15H,4-13H2,1-3H3. The third kappa shape index (κ3) is 11.9. The molecule has 0 aliphatic carbocycles. The van der Waals surface area contributed by atoms with Crippen molar-refractivity contribution in [2.75, 3.05) is 13.1 Å². The molecule has 0 radical (unpaired) electrons. The highest BCUT2D eigenvalue weighted by atomic mass is 14.8. The number of unbranched alkanes of at least 4 members (excludes halogenated alkanes) is 5. The Kier molecular flexibility index (Phi) is 12.0. The number of rotatable bonds is 11. The van der Waals surface area contributed by atoms with E-state index in [1.807, 2.05) is 0 Å². The van der Waals surface area contributed by atoms with E-state index >= 15 is 0 Å². The molecule has 92 valence electrons. The van der Waals surface area contributed by atoms with Crippen molar-refractivity contribution in [1.82, 2.24) is 5.32 Å². The molecule has 0 aliphatic heterocycles. The van der Waals surface area contributed by atoms with Gasteiger partial charge in [0.25, 0.3) is 0 Å². The highest BCUT2D eigenvalue weighted by Gasteiger charge is 2.00. The van der Waals surface area contributed by atoms with E-state index in [0.717, 1.165) is 5.92 Å². The van der Waals surface area contributed by atoms with Crippen LogP contribution in [-0.2, 0) is 0 Å². The lowest BCUT2D eigenvalue weighted by molar-refractivity contribution is 0.451. The highest BCUT2D eigenvalue weighted by molar-refractivity contribution is 4.57. The van der Waals surface area contributed by atoms with Gasteiger partial charge in [0, 0.05) is 0 Å². The van der Waals surface area contributed by atoms with Gasteiger partial charge in [-0.25, -0.2) is 0 Å². The Hall–Kier alpha value is -0.0400. The monoisotopic (exact) mass is 213 g/mol. The lowest BCUT2D eigenvalue weighted by Gasteiger charge is -2.11. The lowest BCUT2D eigenvalue weighted by Crippen LogP contribution is -2.21. The van der Waals surface area contributed by atoms with E-state index in [-0.39, 0.29) is 0 Å². The average Bonchev–Trinajstić information content (AvgIpc) is 2.23. The van der Waals surface area contributed by atoms with Crippen LogP contribution in [-0.4, -0.2) is 13.1 Å². The maximum absolute atomic E-state index is 3.50. The van der Waals surface area contributed by atoms with Crippen molar-refractivity contribution >= 4 is 0 Å². The maximum Gasteiger partial charge on any atom is -0.00232 e. The van der Waals surface area contributed by atoms with Crippen LogP contribution >= 0.6 is 0 Å². The molecular weight excluding hydrogens is 182 g/mol. The van der Waals surface area contributed by atoms with Gasteiger partial charge in [-0.3, -0.25) is 0 Å². The fraction of sp³-hybridized carbons (Fsp3) is 1.00. The molecule has 0 spiro atoms. The summed E-state index contributed by atoms with van der Waals surface area (Å²) in [4.78, 5) is 0. The molecule has 1 N–H and O–H groups in total. The number of hydrogen-bond acceptors (Lipinski definition) is 1. The fourth-order valence-electron chi connectivity index (χ4n) is 1.90. The van der Waals surface area contributed by atoms with Crippen LogP contribution in [0, 0.1) is 5.92 Å². The average molecular weight is 213 g/mol. The van der Waals surface area contributed by atoms with Crippen molar-refractivity contribution in [2.45, 2.75) is 72.1 Å². The van der Waals surface area contributed by atoms with Gasteiger partial charge in [-0.05, 0) is 31.8 Å². The molecule has 0 aliphatic rings. The summed E-state index contributed by atoms with van der Waals surface area (Å²) in [5, 5.41) is 3.50. The van der Waals surface area contributed by atoms with Gasteiger partial charge in [0.2, 0.25) is 0 Å². The van der Waals surface area contributed by atoms with Crippen molar-refractivity contribution in [1.29, 1.82) is 0 Å². The molecule has 0 saturated carbocycles. The summed E-state index contributed by atoms with van der Waals surface area (Å²) in [6.07, 6.45) is 11.2. The Morgan fingerprint density at radius 1 is 0.867 bits per heavy atom. The molecule has 0 saturated heterocycles. The van der Waals surface area contributed by atoms with E-state index in [2.05, 4.69) is 26.1 Å². The highest BCUT2D eigenvalue weighted by Crippen LogP contribution is 2.11. The molecule has 0 fully saturated rings. The van der Waals surface area contributed by atoms with Crippen LogP contribution in [0.15, 0.2) is 0 Å². The third-order valence-corrected chi connectivity index (χ3v) is 2.97. The van der Waals surface area contributed by atoms with Crippen molar-refractivity contribution in [3.63, 3.8) is 0 Å². The van der Waals surface area contributed by atoms with Crippen molar-refractivity contribution < 1.29 is 0 Å². The summed E-state index contributed by atoms with van der Waals surface area (Å²) in [5.41, 5.74) is 0. The van der Waals surface area contributed by atoms with Gasteiger partial charge < -0.3 is 5.32 Å². The molecule has 1 nitrogen and oxygen atoms in total. The van der Waals surface area contributed by atoms with Crippen LogP contribution in [0.25, 0.3) is 0 Å². The van der Waals surface area contributed by atoms with Crippen LogP contribution in [0.1, 0.15) is 72.1 Å². The Bertz CT molecular complexity index is 112. The second kappa shape index (κ2) is 12.0. The quantitative estimate of drug-likeness (QED) is 0.502. The number of nitrogens with one attached hydrogen (secondary N) is 1. The summed E-state index contributed by atoms with van der Waals surface area (Å²) in [6, 6.07) is 0. The minimum atomic E-state index is 0.864. The summed E-state index contributed by atoms with van der Waals surface area (Å²) in [5.74, 6) is 0.864. The van der Waals surface area contributed by atoms with Gasteiger partial charge in [0.1, 0.15) is 0 Å². The van der Waals surface area contributed by atoms with E-state index < -0.39 is 0 Å². The summed E-state index contributed by atoms with van der Waals surface area (Å²) in [6.45, 7) is 9.27. The second-order valence-corrected chi connectivity index (χ2v) is 4.87. The summed E-state index contributed by atoms with van der Waals surface area (Å²) >= 11 is 0.